The molecule has 6 heteroatoms. The summed E-state index contributed by atoms with van der Waals surface area (Å²) in [7, 11) is 0. The molecule has 0 aliphatic heterocycles. The number of hydrogen-bond donors (Lipinski definition) is 0. The number of hydrogen-bond acceptors (Lipinski definition) is 5. The lowest BCUT2D eigenvalue weighted by molar-refractivity contribution is 0.0988. The number of nitrogens with zero attached hydrogens (tertiary/aromatic N) is 3. The molecule has 0 fully saturated rings. The Hall–Kier alpha value is -3.51. The van der Waals surface area contributed by atoms with E-state index in [1.807, 2.05) is 56.3 Å². The molecule has 4 rings (SSSR count). The maximum absolute atomic E-state index is 13.3. The Morgan fingerprint density at radius 2 is 1.87 bits per heavy atom. The van der Waals surface area contributed by atoms with Crippen molar-refractivity contribution in [3.05, 3.63) is 89.5 Å². The van der Waals surface area contributed by atoms with Gasteiger partial charge in [-0.15, -0.1) is 0 Å². The molecule has 0 spiro atoms. The maximum atomic E-state index is 13.3. The molecule has 0 unspecified atom stereocenters. The van der Waals surface area contributed by atoms with Crippen LogP contribution in [-0.2, 0) is 0 Å². The highest BCUT2D eigenvalue weighted by Gasteiger charge is 2.21. The summed E-state index contributed by atoms with van der Waals surface area (Å²) in [6.07, 6.45) is 1.67. The van der Waals surface area contributed by atoms with Gasteiger partial charge in [-0.25, -0.2) is 4.98 Å². The van der Waals surface area contributed by atoms with Crippen LogP contribution in [0.15, 0.2) is 77.9 Å². The van der Waals surface area contributed by atoms with E-state index < -0.39 is 0 Å². The summed E-state index contributed by atoms with van der Waals surface area (Å²) in [4.78, 5) is 18.0. The van der Waals surface area contributed by atoms with Gasteiger partial charge in [-0.2, -0.15) is 10.1 Å². The van der Waals surface area contributed by atoms with Gasteiger partial charge in [0.2, 0.25) is 5.13 Å². The number of carbonyl (C=O) groups excluding carboxylic acids is 1. The van der Waals surface area contributed by atoms with Crippen LogP contribution in [-0.4, -0.2) is 23.7 Å². The van der Waals surface area contributed by atoms with Crippen LogP contribution in [0.1, 0.15) is 28.4 Å². The highest BCUT2D eigenvalue weighted by atomic mass is 32.1. The van der Waals surface area contributed by atoms with Crippen molar-refractivity contribution in [1.29, 1.82) is 0 Å². The van der Waals surface area contributed by atoms with Gasteiger partial charge in [0.15, 0.2) is 0 Å². The standard InChI is InChI=1S/C24H21N3O2S/c1-3-29-20-12-10-19(11-13-20)23(28)27(25-16-18-7-5-4-6-8-18)24-26-21-14-9-17(2)15-22(21)30-24/h4-16H,3H2,1-2H3/b25-16+. The number of anilines is 1. The molecule has 0 saturated heterocycles. The third kappa shape index (κ3) is 4.39. The zero-order chi connectivity index (χ0) is 20.9. The van der Waals surface area contributed by atoms with E-state index in [0.29, 0.717) is 17.3 Å². The minimum atomic E-state index is -0.249. The molecule has 1 amide bonds. The SMILES string of the molecule is CCOc1ccc(C(=O)N(/N=C/c2ccccc2)c2nc3ccc(C)cc3s2)cc1. The molecule has 3 aromatic carbocycles. The first-order valence-electron chi connectivity index (χ1n) is 9.67. The maximum Gasteiger partial charge on any atom is 0.280 e. The van der Waals surface area contributed by atoms with Gasteiger partial charge in [-0.3, -0.25) is 4.79 Å². The lowest BCUT2D eigenvalue weighted by atomic mass is 10.2. The number of benzene rings is 3. The second-order valence-corrected chi connectivity index (χ2v) is 7.71. The Morgan fingerprint density at radius 3 is 2.60 bits per heavy atom. The minimum Gasteiger partial charge on any atom is -0.494 e. The van der Waals surface area contributed by atoms with Gasteiger partial charge in [0.05, 0.1) is 23.0 Å². The van der Waals surface area contributed by atoms with Gasteiger partial charge in [0.1, 0.15) is 5.75 Å². The third-order valence-corrected chi connectivity index (χ3v) is 5.43. The van der Waals surface area contributed by atoms with Crippen LogP contribution < -0.4 is 9.75 Å². The molecule has 0 aliphatic carbocycles. The molecule has 1 heterocycles. The van der Waals surface area contributed by atoms with Crippen LogP contribution in [0.5, 0.6) is 5.75 Å². The lowest BCUT2D eigenvalue weighted by Gasteiger charge is -2.14. The van der Waals surface area contributed by atoms with Crippen LogP contribution in [0.2, 0.25) is 0 Å². The first kappa shape index (κ1) is 19.8. The van der Waals surface area contributed by atoms with Crippen molar-refractivity contribution >= 4 is 38.8 Å². The largest absolute Gasteiger partial charge is 0.494 e. The van der Waals surface area contributed by atoms with E-state index in [1.165, 1.54) is 16.3 Å². The summed E-state index contributed by atoms with van der Waals surface area (Å²) in [6.45, 7) is 4.54. The molecule has 0 radical (unpaired) electrons. The highest BCUT2D eigenvalue weighted by Crippen LogP contribution is 2.31. The molecule has 0 saturated carbocycles. The summed E-state index contributed by atoms with van der Waals surface area (Å²) in [5.74, 6) is 0.477. The molecule has 1 aromatic heterocycles. The molecule has 0 bridgehead atoms. The summed E-state index contributed by atoms with van der Waals surface area (Å²) in [6, 6.07) is 22.8. The quantitative estimate of drug-likeness (QED) is 0.300. The first-order chi connectivity index (χ1) is 14.6. The predicted molar refractivity (Wildman–Crippen MR) is 123 cm³/mol. The van der Waals surface area contributed by atoms with Crippen LogP contribution in [0, 0.1) is 6.92 Å². The number of hydrazone groups is 1. The molecule has 4 aromatic rings. The van der Waals surface area contributed by atoms with Gasteiger partial charge in [-0.1, -0.05) is 47.7 Å². The molecule has 0 aliphatic rings. The lowest BCUT2D eigenvalue weighted by Crippen LogP contribution is -2.25. The van der Waals surface area contributed by atoms with Crippen molar-refractivity contribution in [2.75, 3.05) is 11.6 Å². The van der Waals surface area contributed by atoms with Gasteiger partial charge in [0, 0.05) is 5.56 Å². The average molecular weight is 416 g/mol. The number of amides is 1. The summed E-state index contributed by atoms with van der Waals surface area (Å²) in [5.41, 5.74) is 3.41. The Bertz CT molecular complexity index is 1180. The number of thiazole rings is 1. The predicted octanol–water partition coefficient (Wildman–Crippen LogP) is 5.68. The van der Waals surface area contributed by atoms with Crippen molar-refractivity contribution in [3.8, 4) is 5.75 Å². The number of aromatic nitrogens is 1. The smallest absolute Gasteiger partial charge is 0.280 e. The molecule has 0 N–H and O–H groups in total. The zero-order valence-corrected chi connectivity index (χ0v) is 17.6. The average Bonchev–Trinajstić information content (AvgIpc) is 3.18. The first-order valence-corrected chi connectivity index (χ1v) is 10.5. The Morgan fingerprint density at radius 1 is 1.10 bits per heavy atom. The summed E-state index contributed by atoms with van der Waals surface area (Å²) < 4.78 is 6.50. The number of ether oxygens (including phenoxy) is 1. The number of carbonyl (C=O) groups is 1. The number of aryl methyl sites for hydroxylation is 1. The minimum absolute atomic E-state index is 0.249. The van der Waals surface area contributed by atoms with E-state index in [9.17, 15) is 4.79 Å². The van der Waals surface area contributed by atoms with E-state index in [4.69, 9.17) is 4.74 Å². The fourth-order valence-electron chi connectivity index (χ4n) is 2.95. The van der Waals surface area contributed by atoms with Crippen molar-refractivity contribution in [2.24, 2.45) is 5.10 Å². The number of rotatable bonds is 6. The third-order valence-electron chi connectivity index (χ3n) is 4.44. The van der Waals surface area contributed by atoms with Crippen molar-refractivity contribution in [1.82, 2.24) is 4.98 Å². The van der Waals surface area contributed by atoms with Crippen LogP contribution in [0.3, 0.4) is 0 Å². The van der Waals surface area contributed by atoms with E-state index in [-0.39, 0.29) is 5.91 Å². The van der Waals surface area contributed by atoms with Crippen LogP contribution >= 0.6 is 11.3 Å². The molecule has 0 atom stereocenters. The molecular weight excluding hydrogens is 394 g/mol. The molecule has 30 heavy (non-hydrogen) atoms. The normalized spacial score (nSPS) is 11.1. The topological polar surface area (TPSA) is 54.8 Å². The molecular formula is C24H21N3O2S. The van der Waals surface area contributed by atoms with Crippen molar-refractivity contribution < 1.29 is 9.53 Å². The molecule has 150 valence electrons. The Kier molecular flexibility index (Phi) is 5.86. The van der Waals surface area contributed by atoms with Gasteiger partial charge in [0.25, 0.3) is 5.91 Å². The van der Waals surface area contributed by atoms with Crippen LogP contribution in [0.25, 0.3) is 10.2 Å². The Labute approximate surface area is 179 Å². The van der Waals surface area contributed by atoms with E-state index >= 15 is 0 Å². The van der Waals surface area contributed by atoms with Gasteiger partial charge >= 0.3 is 0 Å². The summed E-state index contributed by atoms with van der Waals surface area (Å²) in [5, 5.41) is 6.39. The second kappa shape index (κ2) is 8.88. The highest BCUT2D eigenvalue weighted by molar-refractivity contribution is 7.22. The fourth-order valence-corrected chi connectivity index (χ4v) is 3.97. The number of fused-ring (bicyclic) bond motifs is 1. The molecule has 5 nitrogen and oxygen atoms in total. The van der Waals surface area contributed by atoms with Crippen LogP contribution in [0.4, 0.5) is 5.13 Å². The van der Waals surface area contributed by atoms with E-state index in [2.05, 4.69) is 16.2 Å². The fraction of sp³-hybridized carbons (Fsp3) is 0.125. The zero-order valence-electron chi connectivity index (χ0n) is 16.8. The Balaban J connectivity index is 1.72. The van der Waals surface area contributed by atoms with Crippen molar-refractivity contribution in [2.45, 2.75) is 13.8 Å². The summed E-state index contributed by atoms with van der Waals surface area (Å²) >= 11 is 1.44. The van der Waals surface area contributed by atoms with E-state index in [1.54, 1.807) is 30.5 Å². The van der Waals surface area contributed by atoms with Gasteiger partial charge in [-0.05, 0) is 61.4 Å². The van der Waals surface area contributed by atoms with E-state index in [0.717, 1.165) is 27.1 Å². The second-order valence-electron chi connectivity index (χ2n) is 6.70. The van der Waals surface area contributed by atoms with Crippen molar-refractivity contribution in [3.63, 3.8) is 0 Å². The monoisotopic (exact) mass is 415 g/mol. The van der Waals surface area contributed by atoms with Gasteiger partial charge < -0.3 is 4.74 Å².